The van der Waals surface area contributed by atoms with Gasteiger partial charge in [-0.1, -0.05) is 308 Å². The average Bonchev–Trinajstić information content (AvgIpc) is 0.897. The Labute approximate surface area is 577 Å². The summed E-state index contributed by atoms with van der Waals surface area (Å²) >= 11 is 0. The third kappa shape index (κ3) is 46.9. The first kappa shape index (κ1) is 87.2. The molecule has 9 N–H and O–H groups in total. The summed E-state index contributed by atoms with van der Waals surface area (Å²) in [5.74, 6) is -0.247. The van der Waals surface area contributed by atoms with E-state index in [1.54, 1.807) is 6.08 Å². The summed E-state index contributed by atoms with van der Waals surface area (Å²) < 4.78 is 22.9. The second kappa shape index (κ2) is 63.6. The summed E-state index contributed by atoms with van der Waals surface area (Å²) in [5.41, 5.74) is 0. The van der Waals surface area contributed by atoms with Crippen molar-refractivity contribution >= 4 is 5.91 Å². The molecule has 2 aliphatic heterocycles. The van der Waals surface area contributed by atoms with Crippen LogP contribution in [0.2, 0.25) is 0 Å². The summed E-state index contributed by atoms with van der Waals surface area (Å²) in [4.78, 5) is 13.4. The monoisotopic (exact) mass is 1330 g/mol. The largest absolute Gasteiger partial charge is 0.394 e. The lowest BCUT2D eigenvalue weighted by atomic mass is 9.97. The number of nitrogens with one attached hydrogen (secondary N) is 1. The summed E-state index contributed by atoms with van der Waals surface area (Å²) in [5, 5.41) is 87.5. The van der Waals surface area contributed by atoms with Crippen molar-refractivity contribution in [2.45, 2.75) is 351 Å². The van der Waals surface area contributed by atoms with E-state index in [1.807, 2.05) is 6.08 Å². The maximum absolute atomic E-state index is 13.4. The number of rotatable bonds is 61. The zero-order valence-electron chi connectivity index (χ0n) is 59.4. The van der Waals surface area contributed by atoms with Crippen LogP contribution in [0.4, 0.5) is 0 Å². The molecule has 544 valence electrons. The number of carbonyl (C=O) groups is 1. The van der Waals surface area contributed by atoms with Gasteiger partial charge in [-0.15, -0.1) is 0 Å². The van der Waals surface area contributed by atoms with E-state index in [0.29, 0.717) is 6.42 Å². The van der Waals surface area contributed by atoms with Gasteiger partial charge in [0.1, 0.15) is 48.8 Å². The highest BCUT2D eigenvalue weighted by Crippen LogP contribution is 2.30. The number of unbranched alkanes of at least 4 members (excludes halogenated alkanes) is 28. The molecule has 2 saturated heterocycles. The SMILES string of the molecule is CC/C=C\C/C=C\C/C=C\C/C=C\C/C=C\C/C=C\C/C=C\C/C=C\C/C=C\C/C=C\CCCCCCCCCCCCC(=O)NC(COC1OC(CO)C(OC2OC(CO)C(O)C(O)C2O)C(O)C1O)C(O)/C=C/CCCCCCCCCCCCCCCCCCCC. The maximum Gasteiger partial charge on any atom is 0.220 e. The van der Waals surface area contributed by atoms with E-state index in [0.717, 1.165) is 109 Å². The Hall–Kier alpha value is -3.87. The molecule has 2 aliphatic rings. The average molecular weight is 1330 g/mol. The van der Waals surface area contributed by atoms with Gasteiger partial charge in [0.15, 0.2) is 12.6 Å². The van der Waals surface area contributed by atoms with Gasteiger partial charge in [-0.05, 0) is 96.3 Å². The highest BCUT2D eigenvalue weighted by Gasteiger charge is 2.51. The second-order valence-electron chi connectivity index (χ2n) is 26.0. The number of carbonyl (C=O) groups excluding carboxylic acids is 1. The van der Waals surface area contributed by atoms with E-state index in [1.165, 1.54) is 141 Å². The Kier molecular flexibility index (Phi) is 58.4. The van der Waals surface area contributed by atoms with Crippen LogP contribution in [0.5, 0.6) is 0 Å². The molecule has 14 heteroatoms. The highest BCUT2D eigenvalue weighted by atomic mass is 16.7. The number of hydrogen-bond acceptors (Lipinski definition) is 13. The molecule has 0 aromatic carbocycles. The zero-order chi connectivity index (χ0) is 68.7. The van der Waals surface area contributed by atoms with Crippen LogP contribution in [-0.4, -0.2) is 140 Å². The van der Waals surface area contributed by atoms with Gasteiger partial charge in [0.05, 0.1) is 32.0 Å². The van der Waals surface area contributed by atoms with Gasteiger partial charge in [0.2, 0.25) is 5.91 Å². The minimum absolute atomic E-state index is 0.247. The normalized spacial score (nSPS) is 23.1. The van der Waals surface area contributed by atoms with Gasteiger partial charge in [-0.2, -0.15) is 0 Å². The topological polar surface area (TPSA) is 228 Å². The lowest BCUT2D eigenvalue weighted by Gasteiger charge is -2.46. The van der Waals surface area contributed by atoms with Crippen molar-refractivity contribution in [2.24, 2.45) is 0 Å². The quantitative estimate of drug-likeness (QED) is 0.0204. The number of aliphatic hydroxyl groups is 8. The van der Waals surface area contributed by atoms with E-state index in [9.17, 15) is 45.6 Å². The van der Waals surface area contributed by atoms with Crippen molar-refractivity contribution in [3.05, 3.63) is 134 Å². The van der Waals surface area contributed by atoms with Crippen LogP contribution in [0.3, 0.4) is 0 Å². The lowest BCUT2D eigenvalue weighted by molar-refractivity contribution is -0.359. The molecule has 0 aliphatic carbocycles. The van der Waals surface area contributed by atoms with Gasteiger partial charge in [-0.25, -0.2) is 0 Å². The molecule has 12 atom stereocenters. The van der Waals surface area contributed by atoms with Crippen molar-refractivity contribution < 1.29 is 64.6 Å². The van der Waals surface area contributed by atoms with Crippen LogP contribution >= 0.6 is 0 Å². The van der Waals surface area contributed by atoms with E-state index in [4.69, 9.17) is 18.9 Å². The summed E-state index contributed by atoms with van der Waals surface area (Å²) in [6, 6.07) is -0.927. The molecule has 1 amide bonds. The van der Waals surface area contributed by atoms with E-state index in [2.05, 4.69) is 141 Å². The molecule has 12 unspecified atom stereocenters. The first-order valence-corrected chi connectivity index (χ1v) is 37.9. The van der Waals surface area contributed by atoms with Crippen molar-refractivity contribution in [3.8, 4) is 0 Å². The molecule has 2 rings (SSSR count). The van der Waals surface area contributed by atoms with Crippen LogP contribution in [0, 0.1) is 0 Å². The summed E-state index contributed by atoms with van der Waals surface area (Å²) in [6.45, 7) is 2.70. The first-order valence-electron chi connectivity index (χ1n) is 37.9. The molecule has 0 saturated carbocycles. The highest BCUT2D eigenvalue weighted by molar-refractivity contribution is 5.76. The van der Waals surface area contributed by atoms with Crippen LogP contribution in [0.15, 0.2) is 134 Å². The number of aliphatic hydroxyl groups excluding tert-OH is 8. The fraction of sp³-hybridized carbons (Fsp3) is 0.716. The maximum atomic E-state index is 13.4. The standard InChI is InChI=1S/C81H137NO13/c1-3-5-7-9-11-13-15-17-19-21-23-25-26-27-28-29-30-31-32-33-34-35-36-37-38-39-40-41-42-43-44-45-47-49-51-53-55-57-59-61-63-65-73(86)82-69(70(85)64-62-60-58-56-54-52-50-48-46-24-22-20-18-16-14-12-10-8-6-4-2)68-92-80-78(91)76(89)79(72(67-84)94-80)95-81-77(90)75(88)74(87)71(66-83)93-81/h5,7,11,13,17,19,23,25,27-28,30-31,33-34,36-37,39-40,42-43,62,64,69-72,74-81,83-85,87-91H,3-4,6,8-10,12,14-16,18,20-22,24,26,29,32,35,38,41,44-61,63,65-68H2,1-2H3,(H,82,86)/b7-5-,13-11-,19-17-,25-23-,28-27-,31-30-,34-33-,37-36-,40-39-,43-42-,64-62+. The van der Waals surface area contributed by atoms with Crippen LogP contribution < -0.4 is 5.32 Å². The predicted molar refractivity (Wildman–Crippen MR) is 391 cm³/mol. The van der Waals surface area contributed by atoms with Gasteiger partial charge >= 0.3 is 0 Å². The third-order valence-electron chi connectivity index (χ3n) is 17.6. The molecule has 2 fully saturated rings. The molecule has 0 spiro atoms. The fourth-order valence-corrected chi connectivity index (χ4v) is 11.6. The van der Waals surface area contributed by atoms with E-state index >= 15 is 0 Å². The summed E-state index contributed by atoms with van der Waals surface area (Å²) in [7, 11) is 0. The second-order valence-corrected chi connectivity index (χ2v) is 26.0. The number of ether oxygens (including phenoxy) is 4. The van der Waals surface area contributed by atoms with Crippen LogP contribution in [0.1, 0.15) is 277 Å². The summed E-state index contributed by atoms with van der Waals surface area (Å²) in [6.07, 6.45) is 77.9. The number of hydrogen-bond donors (Lipinski definition) is 9. The molecule has 14 nitrogen and oxygen atoms in total. The Balaban J connectivity index is 1.63. The molecule has 2 heterocycles. The lowest BCUT2D eigenvalue weighted by Crippen LogP contribution is -2.65. The molecule has 0 bridgehead atoms. The smallest absolute Gasteiger partial charge is 0.220 e. The van der Waals surface area contributed by atoms with Crippen molar-refractivity contribution in [2.75, 3.05) is 19.8 Å². The minimum atomic E-state index is -1.79. The van der Waals surface area contributed by atoms with Gasteiger partial charge in [0, 0.05) is 6.42 Å². The third-order valence-corrected chi connectivity index (χ3v) is 17.6. The van der Waals surface area contributed by atoms with Gasteiger partial charge < -0.3 is 65.1 Å². The molecule has 0 aromatic heterocycles. The minimum Gasteiger partial charge on any atom is -0.394 e. The first-order chi connectivity index (χ1) is 46.6. The molecule has 95 heavy (non-hydrogen) atoms. The Morgan fingerprint density at radius 1 is 0.389 bits per heavy atom. The number of allylic oxidation sites excluding steroid dienone is 21. The van der Waals surface area contributed by atoms with Crippen molar-refractivity contribution in [3.63, 3.8) is 0 Å². The van der Waals surface area contributed by atoms with Crippen molar-refractivity contribution in [1.82, 2.24) is 5.32 Å². The Morgan fingerprint density at radius 2 is 0.726 bits per heavy atom. The fourth-order valence-electron chi connectivity index (χ4n) is 11.6. The van der Waals surface area contributed by atoms with Crippen LogP contribution in [-0.2, 0) is 23.7 Å². The number of amides is 1. The molecule has 0 radical (unpaired) electrons. The Morgan fingerprint density at radius 3 is 1.12 bits per heavy atom. The van der Waals surface area contributed by atoms with Crippen LogP contribution in [0.25, 0.3) is 0 Å². The molecular weight excluding hydrogens is 1190 g/mol. The van der Waals surface area contributed by atoms with Gasteiger partial charge in [-0.3, -0.25) is 4.79 Å². The van der Waals surface area contributed by atoms with Crippen molar-refractivity contribution in [1.29, 1.82) is 0 Å². The van der Waals surface area contributed by atoms with E-state index < -0.39 is 86.8 Å². The predicted octanol–water partition coefficient (Wildman–Crippen LogP) is 16.6. The zero-order valence-corrected chi connectivity index (χ0v) is 59.4. The molecule has 0 aromatic rings. The van der Waals surface area contributed by atoms with Gasteiger partial charge in [0.25, 0.3) is 0 Å². The molecular formula is C81H137NO13. The Bertz CT molecular complexity index is 2110. The van der Waals surface area contributed by atoms with E-state index in [-0.39, 0.29) is 18.9 Å².